The van der Waals surface area contributed by atoms with Crippen molar-refractivity contribution < 1.29 is 6.14 Å². The van der Waals surface area contributed by atoms with Crippen LogP contribution in [0.15, 0.2) is 24.3 Å². The lowest BCUT2D eigenvalue weighted by molar-refractivity contribution is 0.280. The van der Waals surface area contributed by atoms with Gasteiger partial charge in [0.15, 0.2) is 5.69 Å². The van der Waals surface area contributed by atoms with Gasteiger partial charge in [-0.15, -0.1) is 0 Å². The average molecular weight is 377 g/mol. The molecule has 19 heavy (non-hydrogen) atoms. The van der Waals surface area contributed by atoms with E-state index in [2.05, 4.69) is 0 Å². The van der Waals surface area contributed by atoms with Crippen molar-refractivity contribution in [1.82, 2.24) is 4.65 Å². The number of hydroxylamine groups is 2. The number of quaternary nitrogens is 1. The second kappa shape index (κ2) is 6.28. The molecule has 106 valence electrons. The third-order valence-electron chi connectivity index (χ3n) is 3.86. The van der Waals surface area contributed by atoms with Gasteiger partial charge in [-0.25, -0.2) is 6.14 Å². The van der Waals surface area contributed by atoms with Crippen molar-refractivity contribution in [3.63, 3.8) is 0 Å². The van der Waals surface area contributed by atoms with E-state index in [1.165, 1.54) is 19.3 Å². The van der Waals surface area contributed by atoms with Crippen LogP contribution in [0.2, 0.25) is 0 Å². The van der Waals surface area contributed by atoms with Crippen LogP contribution in [0.1, 0.15) is 32.1 Å². The molecule has 1 unspecified atom stereocenters. The van der Waals surface area contributed by atoms with Crippen LogP contribution < -0.4 is 4.65 Å². The van der Waals surface area contributed by atoms with Gasteiger partial charge in [-0.3, -0.25) is 0 Å². The zero-order valence-electron chi connectivity index (χ0n) is 11.2. The van der Waals surface area contributed by atoms with Crippen LogP contribution >= 0.6 is 19.8 Å². The Labute approximate surface area is 121 Å². The van der Waals surface area contributed by atoms with Gasteiger partial charge in [-0.2, -0.15) is 0 Å². The third-order valence-corrected chi connectivity index (χ3v) is 5.72. The summed E-state index contributed by atoms with van der Waals surface area (Å²) in [5.74, 6) is 0.421. The number of nitrogens with zero attached hydrogens (tertiary/aromatic N) is 1. The molecule has 1 atom stereocenters. The van der Waals surface area contributed by atoms with Crippen molar-refractivity contribution >= 4 is 25.5 Å². The second-order valence-corrected chi connectivity index (χ2v) is 7.86. The highest BCUT2D eigenvalue weighted by molar-refractivity contribution is 14.2. The van der Waals surface area contributed by atoms with Crippen molar-refractivity contribution in [3.8, 4) is 0 Å². The van der Waals surface area contributed by atoms with Crippen molar-refractivity contribution in [2.75, 3.05) is 13.6 Å². The molecule has 2 rings (SSSR count). The molecule has 1 aromatic rings. The van der Waals surface area contributed by atoms with E-state index < -0.39 is 24.4 Å². The van der Waals surface area contributed by atoms with Crippen molar-refractivity contribution in [3.05, 3.63) is 33.0 Å². The lowest BCUT2D eigenvalue weighted by Gasteiger charge is -2.41. The fourth-order valence-corrected chi connectivity index (χ4v) is 4.57. The van der Waals surface area contributed by atoms with Gasteiger partial charge in [0.2, 0.25) is 0 Å². The molecule has 0 aromatic heterocycles. The molecule has 5 heteroatoms. The first-order chi connectivity index (χ1) is 9.00. The fraction of sp³-hybridized carbons (Fsp3) is 0.571. The standard InChI is InChI=1S/C14H20INO3/c1-16(19,11-12-7-3-2-4-8-12)14-10-6-5-9-13(14)15(17)18/h5-6,9-10,12H,2-4,7-8,11H2,1H3. The molecule has 4 nitrogen and oxygen atoms in total. The monoisotopic (exact) mass is 377 g/mol. The molecule has 0 N–H and O–H groups in total. The predicted molar refractivity (Wildman–Crippen MR) is 83.1 cm³/mol. The first-order valence-electron chi connectivity index (χ1n) is 6.72. The van der Waals surface area contributed by atoms with Crippen molar-refractivity contribution in [2.45, 2.75) is 32.1 Å². The summed E-state index contributed by atoms with van der Waals surface area (Å²) in [6.45, 7) is 0.487. The Kier molecular flexibility index (Phi) is 4.92. The molecule has 0 aliphatic heterocycles. The molecule has 0 bridgehead atoms. The van der Waals surface area contributed by atoms with E-state index >= 15 is 0 Å². The highest BCUT2D eigenvalue weighted by Crippen LogP contribution is 2.34. The fourth-order valence-electron chi connectivity index (χ4n) is 2.93. The number of halogens is 1. The van der Waals surface area contributed by atoms with Gasteiger partial charge < -0.3 is 9.85 Å². The van der Waals surface area contributed by atoms with E-state index in [9.17, 15) is 11.3 Å². The molecule has 0 spiro atoms. The molecule has 0 amide bonds. The zero-order valence-corrected chi connectivity index (χ0v) is 13.3. The Hall–Kier alpha value is -0.530. The topological polar surface area (TPSA) is 57.2 Å². The SMILES string of the molecule is C[N+]([O-])(CC1CCCCC1)c1ccccc1I(=O)=O. The van der Waals surface area contributed by atoms with E-state index in [0.717, 1.165) is 12.8 Å². The molecule has 0 saturated heterocycles. The summed E-state index contributed by atoms with van der Waals surface area (Å²) in [6.07, 6.45) is 5.82. The van der Waals surface area contributed by atoms with Gasteiger partial charge in [-0.05, 0) is 18.9 Å². The van der Waals surface area contributed by atoms with Crippen LogP contribution in [0.3, 0.4) is 0 Å². The minimum absolute atomic E-state index is 0.250. The molecule has 0 radical (unpaired) electrons. The van der Waals surface area contributed by atoms with Crippen LogP contribution in [0, 0.1) is 14.7 Å². The minimum Gasteiger partial charge on any atom is -0.627 e. The first kappa shape index (κ1) is 14.9. The van der Waals surface area contributed by atoms with E-state index in [-0.39, 0.29) is 3.57 Å². The highest BCUT2D eigenvalue weighted by Gasteiger charge is 2.26. The van der Waals surface area contributed by atoms with E-state index in [1.807, 2.05) is 0 Å². The van der Waals surface area contributed by atoms with Crippen LogP contribution in [-0.4, -0.2) is 13.6 Å². The molecule has 1 saturated carbocycles. The van der Waals surface area contributed by atoms with Gasteiger partial charge in [0, 0.05) is 12.0 Å². The lowest BCUT2D eigenvalue weighted by atomic mass is 9.89. The Morgan fingerprint density at radius 2 is 1.84 bits per heavy atom. The van der Waals surface area contributed by atoms with Crippen LogP contribution in [-0.2, 0) is 6.14 Å². The summed E-state index contributed by atoms with van der Waals surface area (Å²) >= 11 is -3.61. The summed E-state index contributed by atoms with van der Waals surface area (Å²) in [5.41, 5.74) is 0.406. The van der Waals surface area contributed by atoms with Gasteiger partial charge in [0.1, 0.15) is 3.57 Å². The molecular weight excluding hydrogens is 357 g/mol. The van der Waals surface area contributed by atoms with Crippen molar-refractivity contribution in [2.24, 2.45) is 5.92 Å². The van der Waals surface area contributed by atoms with Crippen molar-refractivity contribution in [1.29, 1.82) is 0 Å². The van der Waals surface area contributed by atoms with Gasteiger partial charge in [-0.1, -0.05) is 31.4 Å². The van der Waals surface area contributed by atoms with Crippen LogP contribution in [0.25, 0.3) is 0 Å². The van der Waals surface area contributed by atoms with Crippen LogP contribution in [0.5, 0.6) is 0 Å². The molecule has 1 aromatic carbocycles. The number of rotatable bonds is 4. The number of benzene rings is 1. The molecule has 0 heterocycles. The Morgan fingerprint density at radius 3 is 2.47 bits per heavy atom. The van der Waals surface area contributed by atoms with Gasteiger partial charge >= 0.3 is 19.8 Å². The number of hydrogen-bond donors (Lipinski definition) is 0. The molecule has 1 aliphatic carbocycles. The normalized spacial score (nSPS) is 20.4. The molecular formula is C14H20INO3. The summed E-state index contributed by atoms with van der Waals surface area (Å²) in [4.78, 5) is 0. The maximum Gasteiger partial charge on any atom is 0.346 e. The van der Waals surface area contributed by atoms with Crippen LogP contribution in [0.4, 0.5) is 5.69 Å². The largest absolute Gasteiger partial charge is 0.627 e. The summed E-state index contributed by atoms with van der Waals surface area (Å²) in [5, 5.41) is 12.8. The lowest BCUT2D eigenvalue weighted by Crippen LogP contribution is -2.43. The van der Waals surface area contributed by atoms with E-state index in [1.54, 1.807) is 31.3 Å². The number of hydrogen-bond acceptors (Lipinski definition) is 3. The van der Waals surface area contributed by atoms with E-state index in [0.29, 0.717) is 18.2 Å². The summed E-state index contributed by atoms with van der Waals surface area (Å²) in [7, 11) is 1.58. The Balaban J connectivity index is 2.23. The minimum atomic E-state index is -3.61. The maximum atomic E-state index is 12.8. The molecule has 1 aliphatic rings. The average Bonchev–Trinajstić information content (AvgIpc) is 2.39. The van der Waals surface area contributed by atoms with E-state index in [4.69, 9.17) is 0 Å². The Morgan fingerprint density at radius 1 is 1.21 bits per heavy atom. The Bertz CT molecular complexity index is 497. The smallest absolute Gasteiger partial charge is 0.346 e. The predicted octanol–water partition coefficient (Wildman–Crippen LogP) is 4.07. The summed E-state index contributed by atoms with van der Waals surface area (Å²) in [6, 6.07) is 6.63. The third kappa shape index (κ3) is 3.73. The molecule has 1 fully saturated rings. The quantitative estimate of drug-likeness (QED) is 0.452. The summed E-state index contributed by atoms with van der Waals surface area (Å²) < 4.78 is 22.4. The van der Waals surface area contributed by atoms with Gasteiger partial charge in [0.25, 0.3) is 0 Å². The van der Waals surface area contributed by atoms with Gasteiger partial charge in [0.05, 0.1) is 13.6 Å². The second-order valence-electron chi connectivity index (χ2n) is 5.46. The first-order valence-corrected chi connectivity index (χ1v) is 9.56. The zero-order chi connectivity index (χ0) is 13.9. The maximum absolute atomic E-state index is 12.8. The highest BCUT2D eigenvalue weighted by atomic mass is 127. The number of para-hydroxylation sites is 1.